The van der Waals surface area contributed by atoms with Crippen molar-refractivity contribution >= 4 is 11.6 Å². The maximum atomic E-state index is 13.5. The van der Waals surface area contributed by atoms with Crippen molar-refractivity contribution < 1.29 is 13.9 Å². The lowest BCUT2D eigenvalue weighted by molar-refractivity contribution is -0.121. The summed E-state index contributed by atoms with van der Waals surface area (Å²) < 4.78 is 19.1. The number of benzene rings is 2. The molecule has 0 fully saturated rings. The maximum Gasteiger partial charge on any atom is 0.231 e. The first-order chi connectivity index (χ1) is 9.74. The van der Waals surface area contributed by atoms with E-state index in [4.69, 9.17) is 4.74 Å². The molecule has 0 bridgehead atoms. The van der Waals surface area contributed by atoms with E-state index < -0.39 is 5.82 Å². The maximum absolute atomic E-state index is 13.5. The molecule has 0 saturated heterocycles. The first-order valence-corrected chi connectivity index (χ1v) is 6.50. The van der Waals surface area contributed by atoms with Gasteiger partial charge in [0.05, 0.1) is 11.6 Å². The number of amides is 1. The molecule has 102 valence electrons. The number of hydrogen-bond acceptors (Lipinski definition) is 2. The molecule has 1 amide bonds. The van der Waals surface area contributed by atoms with Gasteiger partial charge in [0.1, 0.15) is 18.2 Å². The lowest BCUT2D eigenvalue weighted by Gasteiger charge is -2.24. The first-order valence-electron chi connectivity index (χ1n) is 6.50. The number of hydrogen-bond donors (Lipinski definition) is 1. The van der Waals surface area contributed by atoms with Gasteiger partial charge in [-0.05, 0) is 30.2 Å². The number of ether oxygens (including phenoxy) is 1. The van der Waals surface area contributed by atoms with Crippen molar-refractivity contribution in [2.45, 2.75) is 6.42 Å². The lowest BCUT2D eigenvalue weighted by Crippen LogP contribution is -2.32. The number of carbonyl (C=O) groups is 1. The van der Waals surface area contributed by atoms with Gasteiger partial charge >= 0.3 is 0 Å². The van der Waals surface area contributed by atoms with Crippen molar-refractivity contribution in [3.63, 3.8) is 0 Å². The topological polar surface area (TPSA) is 38.3 Å². The van der Waals surface area contributed by atoms with Crippen molar-refractivity contribution in [3.05, 3.63) is 59.9 Å². The van der Waals surface area contributed by atoms with E-state index in [0.29, 0.717) is 13.0 Å². The van der Waals surface area contributed by atoms with Gasteiger partial charge in [-0.25, -0.2) is 4.39 Å². The summed E-state index contributed by atoms with van der Waals surface area (Å²) in [7, 11) is 0. The molecule has 0 radical (unpaired) electrons. The van der Waals surface area contributed by atoms with E-state index in [1.807, 2.05) is 24.3 Å². The molecule has 0 saturated carbocycles. The zero-order valence-electron chi connectivity index (χ0n) is 10.8. The van der Waals surface area contributed by atoms with Gasteiger partial charge in [0.2, 0.25) is 5.91 Å². The Morgan fingerprint density at radius 3 is 2.75 bits per heavy atom. The Morgan fingerprint density at radius 1 is 1.15 bits per heavy atom. The fourth-order valence-electron chi connectivity index (χ4n) is 2.29. The van der Waals surface area contributed by atoms with Crippen molar-refractivity contribution in [2.75, 3.05) is 11.9 Å². The highest BCUT2D eigenvalue weighted by Gasteiger charge is 2.26. The fraction of sp³-hybridized carbons (Fsp3) is 0.188. The van der Waals surface area contributed by atoms with Gasteiger partial charge in [-0.3, -0.25) is 4.79 Å². The van der Waals surface area contributed by atoms with Crippen molar-refractivity contribution in [3.8, 4) is 5.75 Å². The highest BCUT2D eigenvalue weighted by molar-refractivity contribution is 5.93. The van der Waals surface area contributed by atoms with E-state index in [1.165, 1.54) is 6.07 Å². The molecule has 2 aromatic rings. The monoisotopic (exact) mass is 271 g/mol. The summed E-state index contributed by atoms with van der Waals surface area (Å²) in [4.78, 5) is 12.2. The summed E-state index contributed by atoms with van der Waals surface area (Å²) in [6.07, 6.45) is 0.608. The van der Waals surface area contributed by atoms with E-state index in [9.17, 15) is 9.18 Å². The molecule has 0 aliphatic carbocycles. The minimum absolute atomic E-state index is 0.205. The molecular weight excluding hydrogens is 257 g/mol. The number of para-hydroxylation sites is 2. The van der Waals surface area contributed by atoms with Crippen LogP contribution in [0.4, 0.5) is 10.1 Å². The van der Waals surface area contributed by atoms with Gasteiger partial charge in [0, 0.05) is 0 Å². The average molecular weight is 271 g/mol. The molecule has 20 heavy (non-hydrogen) atoms. The second-order valence-corrected chi connectivity index (χ2v) is 4.79. The molecule has 0 aromatic heterocycles. The minimum Gasteiger partial charge on any atom is -0.492 e. The van der Waals surface area contributed by atoms with E-state index >= 15 is 0 Å². The quantitative estimate of drug-likeness (QED) is 0.911. The summed E-state index contributed by atoms with van der Waals surface area (Å²) in [5.74, 6) is -0.130. The molecule has 1 heterocycles. The van der Waals surface area contributed by atoms with Gasteiger partial charge in [-0.15, -0.1) is 0 Å². The zero-order valence-corrected chi connectivity index (χ0v) is 10.8. The van der Waals surface area contributed by atoms with Crippen molar-refractivity contribution in [1.82, 2.24) is 0 Å². The molecule has 1 aliphatic rings. The molecule has 3 rings (SSSR count). The summed E-state index contributed by atoms with van der Waals surface area (Å²) >= 11 is 0. The molecule has 1 atom stereocenters. The number of fused-ring (bicyclic) bond motifs is 1. The summed E-state index contributed by atoms with van der Waals surface area (Å²) in [6, 6.07) is 13.8. The Kier molecular flexibility index (Phi) is 3.37. The van der Waals surface area contributed by atoms with Crippen LogP contribution < -0.4 is 10.1 Å². The number of halogens is 1. The van der Waals surface area contributed by atoms with E-state index in [0.717, 1.165) is 11.3 Å². The fourth-order valence-corrected chi connectivity index (χ4v) is 2.29. The molecule has 3 nitrogen and oxygen atoms in total. The first kappa shape index (κ1) is 12.7. The highest BCUT2D eigenvalue weighted by Crippen LogP contribution is 2.27. The van der Waals surface area contributed by atoms with E-state index in [-0.39, 0.29) is 17.5 Å². The molecule has 1 N–H and O–H groups in total. The molecule has 1 aliphatic heterocycles. The summed E-state index contributed by atoms with van der Waals surface area (Å²) in [6.45, 7) is 0.317. The van der Waals surface area contributed by atoms with Crippen LogP contribution in [0.3, 0.4) is 0 Å². The minimum atomic E-state index is -0.432. The standard InChI is InChI=1S/C16H14FNO2/c17-13-6-2-3-7-14(13)18-16(19)12-9-11-5-1-4-8-15(11)20-10-12/h1-8,12H,9-10H2,(H,18,19). The average Bonchev–Trinajstić information content (AvgIpc) is 2.49. The molecule has 4 heteroatoms. The van der Waals surface area contributed by atoms with Gasteiger partial charge in [0.25, 0.3) is 0 Å². The third-order valence-corrected chi connectivity index (χ3v) is 3.38. The van der Waals surface area contributed by atoms with E-state index in [1.54, 1.807) is 18.2 Å². The van der Waals surface area contributed by atoms with Crippen LogP contribution in [0.25, 0.3) is 0 Å². The number of rotatable bonds is 2. The molecule has 1 unspecified atom stereocenters. The van der Waals surface area contributed by atoms with Crippen molar-refractivity contribution in [2.24, 2.45) is 5.92 Å². The highest BCUT2D eigenvalue weighted by atomic mass is 19.1. The summed E-state index contributed by atoms with van der Waals surface area (Å²) in [5.41, 5.74) is 1.21. The molecular formula is C16H14FNO2. The van der Waals surface area contributed by atoms with Crippen LogP contribution in [0.2, 0.25) is 0 Å². The number of carbonyl (C=O) groups excluding carboxylic acids is 1. The number of nitrogens with one attached hydrogen (secondary N) is 1. The summed E-state index contributed by atoms with van der Waals surface area (Å²) in [5, 5.41) is 2.62. The lowest BCUT2D eigenvalue weighted by atomic mass is 9.96. The Labute approximate surface area is 116 Å². The Balaban J connectivity index is 1.72. The predicted octanol–water partition coefficient (Wildman–Crippen LogP) is 3.02. The zero-order chi connectivity index (χ0) is 13.9. The second-order valence-electron chi connectivity index (χ2n) is 4.79. The van der Waals surface area contributed by atoms with Crippen LogP contribution in [0.1, 0.15) is 5.56 Å². The van der Waals surface area contributed by atoms with Gasteiger partial charge in [-0.1, -0.05) is 30.3 Å². The normalized spacial score (nSPS) is 16.9. The van der Waals surface area contributed by atoms with Crippen LogP contribution in [0, 0.1) is 11.7 Å². The second kappa shape index (κ2) is 5.33. The Bertz CT molecular complexity index is 642. The van der Waals surface area contributed by atoms with Gasteiger partial charge < -0.3 is 10.1 Å². The van der Waals surface area contributed by atoms with Crippen LogP contribution in [-0.2, 0) is 11.2 Å². The van der Waals surface area contributed by atoms with Crippen LogP contribution in [0.15, 0.2) is 48.5 Å². The van der Waals surface area contributed by atoms with Crippen molar-refractivity contribution in [1.29, 1.82) is 0 Å². The van der Waals surface area contributed by atoms with E-state index in [2.05, 4.69) is 5.32 Å². The SMILES string of the molecule is O=C(Nc1ccccc1F)C1COc2ccccc2C1. The largest absolute Gasteiger partial charge is 0.492 e. The van der Waals surface area contributed by atoms with Crippen LogP contribution >= 0.6 is 0 Å². The van der Waals surface area contributed by atoms with Crippen LogP contribution in [-0.4, -0.2) is 12.5 Å². The number of anilines is 1. The molecule has 0 spiro atoms. The third kappa shape index (κ3) is 2.50. The Hall–Kier alpha value is -2.36. The van der Waals surface area contributed by atoms with Gasteiger partial charge in [-0.2, -0.15) is 0 Å². The van der Waals surface area contributed by atoms with Gasteiger partial charge in [0.15, 0.2) is 0 Å². The van der Waals surface area contributed by atoms with Crippen LogP contribution in [0.5, 0.6) is 5.75 Å². The smallest absolute Gasteiger partial charge is 0.231 e. The Morgan fingerprint density at radius 2 is 1.90 bits per heavy atom. The predicted molar refractivity (Wildman–Crippen MR) is 74.2 cm³/mol. The molecule has 2 aromatic carbocycles. The third-order valence-electron chi connectivity index (χ3n) is 3.38.